The molecule has 4 heteroatoms. The molecule has 0 saturated heterocycles. The molecule has 0 spiro atoms. The standard InChI is InChI=1S/C13H19NO2S/c1-2-17(15,16)13-9-4-3-8-12(13)14-10-11-6-5-7-11/h3-4,8-9,11,14H,2,5-7,10H2,1H3. The molecule has 0 aromatic heterocycles. The predicted molar refractivity (Wildman–Crippen MR) is 70.0 cm³/mol. The summed E-state index contributed by atoms with van der Waals surface area (Å²) in [4.78, 5) is 0.432. The van der Waals surface area contributed by atoms with Crippen molar-refractivity contribution in [3.8, 4) is 0 Å². The molecular weight excluding hydrogens is 234 g/mol. The van der Waals surface area contributed by atoms with Crippen molar-refractivity contribution in [3.63, 3.8) is 0 Å². The van der Waals surface area contributed by atoms with E-state index in [1.165, 1.54) is 19.3 Å². The quantitative estimate of drug-likeness (QED) is 0.877. The van der Waals surface area contributed by atoms with Crippen LogP contribution in [0.3, 0.4) is 0 Å². The van der Waals surface area contributed by atoms with Crippen LogP contribution in [0.25, 0.3) is 0 Å². The van der Waals surface area contributed by atoms with Crippen molar-refractivity contribution in [2.45, 2.75) is 31.1 Å². The lowest BCUT2D eigenvalue weighted by Gasteiger charge is -2.26. The highest BCUT2D eigenvalue weighted by Crippen LogP contribution is 2.28. The van der Waals surface area contributed by atoms with E-state index in [1.54, 1.807) is 19.1 Å². The van der Waals surface area contributed by atoms with E-state index < -0.39 is 9.84 Å². The summed E-state index contributed by atoms with van der Waals surface area (Å²) in [6.45, 7) is 2.56. The summed E-state index contributed by atoms with van der Waals surface area (Å²) in [6.07, 6.45) is 3.83. The number of sulfone groups is 1. The first-order valence-electron chi connectivity index (χ1n) is 6.19. The monoisotopic (exact) mass is 253 g/mol. The maximum Gasteiger partial charge on any atom is 0.180 e. The summed E-state index contributed by atoms with van der Waals surface area (Å²) in [5.74, 6) is 0.863. The average Bonchev–Trinajstić information content (AvgIpc) is 2.27. The van der Waals surface area contributed by atoms with Crippen molar-refractivity contribution < 1.29 is 8.42 Å². The fraction of sp³-hybridized carbons (Fsp3) is 0.538. The SMILES string of the molecule is CCS(=O)(=O)c1ccccc1NCC1CCC1. The van der Waals surface area contributed by atoms with Crippen molar-refractivity contribution in [3.05, 3.63) is 24.3 Å². The van der Waals surface area contributed by atoms with Crippen LogP contribution in [0.2, 0.25) is 0 Å². The summed E-state index contributed by atoms with van der Waals surface area (Å²) < 4.78 is 23.8. The third kappa shape index (κ3) is 2.80. The van der Waals surface area contributed by atoms with E-state index in [0.717, 1.165) is 12.2 Å². The first-order valence-corrected chi connectivity index (χ1v) is 7.84. The summed E-state index contributed by atoms with van der Waals surface area (Å²) in [6, 6.07) is 7.18. The molecule has 3 nitrogen and oxygen atoms in total. The zero-order valence-corrected chi connectivity index (χ0v) is 11.0. The van der Waals surface area contributed by atoms with Gasteiger partial charge in [-0.25, -0.2) is 8.42 Å². The van der Waals surface area contributed by atoms with Gasteiger partial charge in [-0.2, -0.15) is 0 Å². The van der Waals surface area contributed by atoms with Crippen LogP contribution in [0.1, 0.15) is 26.2 Å². The van der Waals surface area contributed by atoms with Gasteiger partial charge in [-0.05, 0) is 30.9 Å². The Hall–Kier alpha value is -1.03. The molecule has 0 amide bonds. The number of nitrogens with one attached hydrogen (secondary N) is 1. The lowest BCUT2D eigenvalue weighted by Crippen LogP contribution is -2.21. The number of hydrogen-bond donors (Lipinski definition) is 1. The number of benzene rings is 1. The van der Waals surface area contributed by atoms with Crippen LogP contribution in [-0.2, 0) is 9.84 Å². The first kappa shape index (κ1) is 12.4. The Balaban J connectivity index is 2.15. The van der Waals surface area contributed by atoms with Crippen LogP contribution in [0.15, 0.2) is 29.2 Å². The molecule has 0 radical (unpaired) electrons. The van der Waals surface area contributed by atoms with Gasteiger partial charge in [0.15, 0.2) is 9.84 Å². The van der Waals surface area contributed by atoms with Gasteiger partial charge in [-0.15, -0.1) is 0 Å². The van der Waals surface area contributed by atoms with E-state index in [1.807, 2.05) is 12.1 Å². The Kier molecular flexibility index (Phi) is 3.72. The highest BCUT2D eigenvalue weighted by molar-refractivity contribution is 7.91. The molecule has 1 aliphatic rings. The van der Waals surface area contributed by atoms with Gasteiger partial charge < -0.3 is 5.32 Å². The van der Waals surface area contributed by atoms with Crippen LogP contribution < -0.4 is 5.32 Å². The Bertz CT molecular complexity index is 478. The van der Waals surface area contributed by atoms with Crippen LogP contribution in [0, 0.1) is 5.92 Å². The van der Waals surface area contributed by atoms with Gasteiger partial charge in [0.2, 0.25) is 0 Å². The van der Waals surface area contributed by atoms with Gasteiger partial charge >= 0.3 is 0 Å². The summed E-state index contributed by atoms with van der Waals surface area (Å²) >= 11 is 0. The van der Waals surface area contributed by atoms with Crippen molar-refractivity contribution >= 4 is 15.5 Å². The van der Waals surface area contributed by atoms with Crippen molar-refractivity contribution in [2.75, 3.05) is 17.6 Å². The number of rotatable bonds is 5. The number of anilines is 1. The molecule has 2 rings (SSSR count). The van der Waals surface area contributed by atoms with Crippen LogP contribution in [-0.4, -0.2) is 20.7 Å². The molecule has 94 valence electrons. The van der Waals surface area contributed by atoms with Crippen molar-refractivity contribution in [1.82, 2.24) is 0 Å². The van der Waals surface area contributed by atoms with E-state index in [2.05, 4.69) is 5.32 Å². The Labute approximate surface area is 103 Å². The topological polar surface area (TPSA) is 46.2 Å². The molecule has 1 aliphatic carbocycles. The molecule has 0 bridgehead atoms. The summed E-state index contributed by atoms with van der Waals surface area (Å²) in [5.41, 5.74) is 0.751. The van der Waals surface area contributed by atoms with Crippen LogP contribution >= 0.6 is 0 Å². The highest BCUT2D eigenvalue weighted by atomic mass is 32.2. The molecule has 0 heterocycles. The molecule has 1 aromatic rings. The van der Waals surface area contributed by atoms with E-state index in [4.69, 9.17) is 0 Å². The molecule has 0 atom stereocenters. The second-order valence-electron chi connectivity index (χ2n) is 4.58. The fourth-order valence-corrected chi connectivity index (χ4v) is 3.06. The predicted octanol–water partition coefficient (Wildman–Crippen LogP) is 2.69. The molecule has 0 aliphatic heterocycles. The molecule has 17 heavy (non-hydrogen) atoms. The minimum absolute atomic E-state index is 0.148. The minimum atomic E-state index is -3.13. The Morgan fingerprint density at radius 2 is 2.00 bits per heavy atom. The van der Waals surface area contributed by atoms with Crippen LogP contribution in [0.4, 0.5) is 5.69 Å². The van der Waals surface area contributed by atoms with Crippen molar-refractivity contribution in [1.29, 1.82) is 0 Å². The number of hydrogen-bond acceptors (Lipinski definition) is 3. The molecular formula is C13H19NO2S. The van der Waals surface area contributed by atoms with E-state index >= 15 is 0 Å². The average molecular weight is 253 g/mol. The normalized spacial score (nSPS) is 16.5. The van der Waals surface area contributed by atoms with E-state index in [0.29, 0.717) is 10.8 Å². The Morgan fingerprint density at radius 1 is 1.29 bits per heavy atom. The Morgan fingerprint density at radius 3 is 2.59 bits per heavy atom. The van der Waals surface area contributed by atoms with Gasteiger partial charge in [0.25, 0.3) is 0 Å². The molecule has 1 N–H and O–H groups in total. The summed E-state index contributed by atoms with van der Waals surface area (Å²) in [5, 5.41) is 3.28. The number of para-hydroxylation sites is 1. The zero-order valence-electron chi connectivity index (χ0n) is 10.1. The van der Waals surface area contributed by atoms with E-state index in [-0.39, 0.29) is 5.75 Å². The van der Waals surface area contributed by atoms with Gasteiger partial charge in [-0.3, -0.25) is 0 Å². The first-order chi connectivity index (χ1) is 8.13. The van der Waals surface area contributed by atoms with E-state index in [9.17, 15) is 8.42 Å². The smallest absolute Gasteiger partial charge is 0.180 e. The highest BCUT2D eigenvalue weighted by Gasteiger charge is 2.19. The minimum Gasteiger partial charge on any atom is -0.384 e. The van der Waals surface area contributed by atoms with Crippen molar-refractivity contribution in [2.24, 2.45) is 5.92 Å². The van der Waals surface area contributed by atoms with Gasteiger partial charge in [-0.1, -0.05) is 25.5 Å². The van der Waals surface area contributed by atoms with Gasteiger partial charge in [0.05, 0.1) is 16.3 Å². The van der Waals surface area contributed by atoms with Gasteiger partial charge in [0, 0.05) is 6.54 Å². The second kappa shape index (κ2) is 5.08. The lowest BCUT2D eigenvalue weighted by molar-refractivity contribution is 0.333. The second-order valence-corrected chi connectivity index (χ2v) is 6.82. The fourth-order valence-electron chi connectivity index (χ4n) is 1.99. The third-order valence-electron chi connectivity index (χ3n) is 3.41. The van der Waals surface area contributed by atoms with Crippen LogP contribution in [0.5, 0.6) is 0 Å². The summed E-state index contributed by atoms with van der Waals surface area (Å²) in [7, 11) is -3.13. The molecule has 1 fully saturated rings. The molecule has 1 aromatic carbocycles. The zero-order chi connectivity index (χ0) is 12.3. The maximum absolute atomic E-state index is 11.9. The largest absolute Gasteiger partial charge is 0.384 e. The lowest BCUT2D eigenvalue weighted by atomic mass is 9.85. The van der Waals surface area contributed by atoms with Gasteiger partial charge in [0.1, 0.15) is 0 Å². The molecule has 0 unspecified atom stereocenters. The third-order valence-corrected chi connectivity index (χ3v) is 5.19. The maximum atomic E-state index is 11.9. The molecule has 1 saturated carbocycles.